The predicted octanol–water partition coefficient (Wildman–Crippen LogP) is -0.432. The highest BCUT2D eigenvalue weighted by molar-refractivity contribution is 6.34. The van der Waals surface area contributed by atoms with Crippen LogP contribution in [-0.4, -0.2) is 47.2 Å². The van der Waals surface area contributed by atoms with Gasteiger partial charge in [0, 0.05) is 20.3 Å². The molecule has 2 heterocycles. The number of nitrogens with zero attached hydrogens (tertiary/aromatic N) is 2. The van der Waals surface area contributed by atoms with Crippen LogP contribution in [-0.2, 0) is 4.79 Å². The Morgan fingerprint density at radius 3 is 1.92 bits per heavy atom. The fourth-order valence-corrected chi connectivity index (χ4v) is 1.98. The summed E-state index contributed by atoms with van der Waals surface area (Å²) in [5.41, 5.74) is -1.23. The molecule has 0 radical (unpaired) electrons. The van der Waals surface area contributed by atoms with Crippen molar-refractivity contribution in [2.45, 2.75) is 0 Å². The molecule has 0 fully saturated rings. The number of aromatic amines is 2. The van der Waals surface area contributed by atoms with Gasteiger partial charge in [0.2, 0.25) is 6.41 Å². The van der Waals surface area contributed by atoms with E-state index in [4.69, 9.17) is 0 Å². The number of hydrogen-bond acceptors (Lipinski definition) is 5. The molecule has 124 valence electrons. The average molecular weight is 330 g/mol. The second-order valence-corrected chi connectivity index (χ2v) is 5.02. The van der Waals surface area contributed by atoms with Crippen molar-refractivity contribution in [3.8, 4) is 0 Å². The van der Waals surface area contributed by atoms with Crippen molar-refractivity contribution in [3.05, 3.63) is 62.4 Å². The maximum Gasteiger partial charge on any atom is 0.325 e. The summed E-state index contributed by atoms with van der Waals surface area (Å²) >= 11 is 0. The van der Waals surface area contributed by atoms with Crippen molar-refractivity contribution in [1.82, 2.24) is 14.9 Å². The van der Waals surface area contributed by atoms with Gasteiger partial charge in [-0.2, -0.15) is 0 Å². The molecule has 2 aromatic rings. The first-order chi connectivity index (χ1) is 11.4. The second-order valence-electron chi connectivity index (χ2n) is 5.02. The summed E-state index contributed by atoms with van der Waals surface area (Å²) < 4.78 is 0. The van der Waals surface area contributed by atoms with Crippen LogP contribution >= 0.6 is 0 Å². The van der Waals surface area contributed by atoms with Crippen LogP contribution in [0.15, 0.2) is 40.1 Å². The molecule has 0 saturated heterocycles. The van der Waals surface area contributed by atoms with Gasteiger partial charge in [-0.15, -0.1) is 0 Å². The first-order valence-corrected chi connectivity index (χ1v) is 6.78. The molecule has 0 bridgehead atoms. The summed E-state index contributed by atoms with van der Waals surface area (Å²) in [6.07, 6.45) is 1.79. The molecule has 2 N–H and O–H groups in total. The molecule has 1 aliphatic rings. The van der Waals surface area contributed by atoms with Crippen LogP contribution in [0.2, 0.25) is 0 Å². The zero-order chi connectivity index (χ0) is 17.9. The van der Waals surface area contributed by atoms with Crippen LogP contribution in [0.3, 0.4) is 0 Å². The van der Waals surface area contributed by atoms with Crippen LogP contribution in [0.25, 0.3) is 0 Å². The average Bonchev–Trinajstić information content (AvgIpc) is 2.81. The number of nitrogens with one attached hydrogen (secondary N) is 2. The third kappa shape index (κ3) is 3.14. The van der Waals surface area contributed by atoms with Crippen molar-refractivity contribution in [2.75, 3.05) is 19.0 Å². The van der Waals surface area contributed by atoms with Gasteiger partial charge in [-0.3, -0.25) is 24.2 Å². The smallest absolute Gasteiger partial charge is 0.325 e. The number of fused-ring (bicyclic) bond motifs is 1. The van der Waals surface area contributed by atoms with E-state index in [0.29, 0.717) is 0 Å². The SMILES string of the molecule is CN(C)C=O.O=C1c2ccccc2C(=O)N1c1c[nH]c(=O)[nH]c1=O. The lowest BCUT2D eigenvalue weighted by Crippen LogP contribution is -2.36. The fourth-order valence-electron chi connectivity index (χ4n) is 1.98. The Labute approximate surface area is 135 Å². The summed E-state index contributed by atoms with van der Waals surface area (Å²) in [5, 5.41) is 0. The van der Waals surface area contributed by atoms with Crippen molar-refractivity contribution in [2.24, 2.45) is 0 Å². The maximum atomic E-state index is 12.1. The molecule has 3 amide bonds. The zero-order valence-corrected chi connectivity index (χ0v) is 12.9. The summed E-state index contributed by atoms with van der Waals surface area (Å²) in [7, 11) is 3.38. The number of anilines is 1. The highest BCUT2D eigenvalue weighted by Crippen LogP contribution is 2.25. The molecule has 24 heavy (non-hydrogen) atoms. The Kier molecular flexibility index (Phi) is 4.73. The number of carbonyl (C=O) groups excluding carboxylic acids is 3. The summed E-state index contributed by atoms with van der Waals surface area (Å²) in [4.78, 5) is 62.6. The molecule has 1 aromatic carbocycles. The minimum atomic E-state index is -0.793. The van der Waals surface area contributed by atoms with Crippen molar-refractivity contribution in [3.63, 3.8) is 0 Å². The van der Waals surface area contributed by atoms with E-state index in [2.05, 4.69) is 4.98 Å². The quantitative estimate of drug-likeness (QED) is 0.571. The Balaban J connectivity index is 0.000000368. The van der Waals surface area contributed by atoms with Gasteiger partial charge in [0.05, 0.1) is 11.1 Å². The van der Waals surface area contributed by atoms with Gasteiger partial charge in [0.15, 0.2) is 0 Å². The lowest BCUT2D eigenvalue weighted by atomic mass is 10.1. The molecule has 3 rings (SSSR count). The van der Waals surface area contributed by atoms with Crippen molar-refractivity contribution >= 4 is 23.9 Å². The molecule has 9 nitrogen and oxygen atoms in total. The van der Waals surface area contributed by atoms with Gasteiger partial charge in [-0.05, 0) is 12.1 Å². The first-order valence-electron chi connectivity index (χ1n) is 6.78. The molecule has 0 saturated carbocycles. The lowest BCUT2D eigenvalue weighted by molar-refractivity contribution is -0.115. The predicted molar refractivity (Wildman–Crippen MR) is 85.0 cm³/mol. The standard InChI is InChI=1S/C12H7N3O4.C3H7NO/c16-9-8(5-13-12(19)14-9)15-10(17)6-3-1-2-4-7(6)11(15)18;1-4(2)3-5/h1-5H,(H2,13,14,16,19);3H,1-2H3. The molecular weight excluding hydrogens is 316 g/mol. The topological polar surface area (TPSA) is 123 Å². The molecule has 0 atom stereocenters. The molecule has 9 heteroatoms. The van der Waals surface area contributed by atoms with Crippen LogP contribution in [0.4, 0.5) is 5.69 Å². The van der Waals surface area contributed by atoms with Gasteiger partial charge >= 0.3 is 5.69 Å². The van der Waals surface area contributed by atoms with Crippen LogP contribution in [0, 0.1) is 0 Å². The lowest BCUT2D eigenvalue weighted by Gasteiger charge is -2.11. The minimum absolute atomic E-state index is 0.203. The molecule has 0 unspecified atom stereocenters. The number of imide groups is 1. The van der Waals surface area contributed by atoms with Crippen molar-refractivity contribution < 1.29 is 14.4 Å². The van der Waals surface area contributed by atoms with E-state index in [9.17, 15) is 24.0 Å². The number of amides is 3. The Morgan fingerprint density at radius 1 is 1.00 bits per heavy atom. The summed E-state index contributed by atoms with van der Waals surface area (Å²) in [6, 6.07) is 6.28. The Morgan fingerprint density at radius 2 is 1.50 bits per heavy atom. The number of aromatic nitrogens is 2. The van der Waals surface area contributed by atoms with E-state index in [1.54, 1.807) is 26.2 Å². The van der Waals surface area contributed by atoms with Crippen LogP contribution < -0.4 is 16.1 Å². The molecule has 0 spiro atoms. The van der Waals surface area contributed by atoms with Crippen LogP contribution in [0.5, 0.6) is 0 Å². The van der Waals surface area contributed by atoms with Gasteiger partial charge in [-0.25, -0.2) is 9.69 Å². The third-order valence-electron chi connectivity index (χ3n) is 3.05. The van der Waals surface area contributed by atoms with E-state index < -0.39 is 23.1 Å². The van der Waals surface area contributed by atoms with E-state index in [1.807, 2.05) is 4.98 Å². The summed E-state index contributed by atoms with van der Waals surface area (Å²) in [6.45, 7) is 0. The minimum Gasteiger partial charge on any atom is -0.351 e. The van der Waals surface area contributed by atoms with Crippen LogP contribution in [0.1, 0.15) is 20.7 Å². The van der Waals surface area contributed by atoms with Crippen molar-refractivity contribution in [1.29, 1.82) is 0 Å². The molecular formula is C15H14N4O5. The highest BCUT2D eigenvalue weighted by Gasteiger charge is 2.37. The number of benzene rings is 1. The maximum absolute atomic E-state index is 12.1. The van der Waals surface area contributed by atoms with Gasteiger partial charge in [0.1, 0.15) is 5.69 Å². The van der Waals surface area contributed by atoms with Gasteiger partial charge in [-0.1, -0.05) is 12.1 Å². The molecule has 0 aliphatic carbocycles. The third-order valence-corrected chi connectivity index (χ3v) is 3.05. The highest BCUT2D eigenvalue weighted by atomic mass is 16.2. The van der Waals surface area contributed by atoms with E-state index in [1.165, 1.54) is 17.0 Å². The monoisotopic (exact) mass is 330 g/mol. The zero-order valence-electron chi connectivity index (χ0n) is 12.9. The van der Waals surface area contributed by atoms with Gasteiger partial charge < -0.3 is 9.88 Å². The largest absolute Gasteiger partial charge is 0.351 e. The molecule has 1 aromatic heterocycles. The van der Waals surface area contributed by atoms with Gasteiger partial charge in [0.25, 0.3) is 17.4 Å². The van der Waals surface area contributed by atoms with E-state index in [0.717, 1.165) is 17.5 Å². The fraction of sp³-hybridized carbons (Fsp3) is 0.133. The number of hydrogen-bond donors (Lipinski definition) is 2. The number of H-pyrrole nitrogens is 2. The Hall–Kier alpha value is -3.49. The summed E-state index contributed by atoms with van der Waals surface area (Å²) in [5.74, 6) is -1.17. The van der Waals surface area contributed by atoms with E-state index >= 15 is 0 Å². The normalized spacial score (nSPS) is 12.3. The molecule has 1 aliphatic heterocycles. The first kappa shape index (κ1) is 16.9. The van der Waals surface area contributed by atoms with E-state index in [-0.39, 0.29) is 16.8 Å². The number of rotatable bonds is 2. The Bertz CT molecular complexity index is 877. The number of carbonyl (C=O) groups is 3. The second kappa shape index (κ2) is 6.73.